The number of hydrogen-bond acceptors (Lipinski definition) is 5. The highest BCUT2D eigenvalue weighted by Crippen LogP contribution is 2.19. The molecule has 0 unspecified atom stereocenters. The molecule has 7 nitrogen and oxygen atoms in total. The maximum absolute atomic E-state index is 11.9. The lowest BCUT2D eigenvalue weighted by molar-refractivity contribution is -0.149. The number of piperidine rings is 1. The number of rotatable bonds is 6. The van der Waals surface area contributed by atoms with Gasteiger partial charge < -0.3 is 19.5 Å². The smallest absolute Gasteiger partial charge is 0.309 e. The lowest BCUT2D eigenvalue weighted by atomic mass is 9.97. The molecule has 0 atom stereocenters. The Morgan fingerprint density at radius 2 is 2.12 bits per heavy atom. The van der Waals surface area contributed by atoms with Crippen LogP contribution in [0.1, 0.15) is 57.9 Å². The third kappa shape index (κ3) is 6.44. The van der Waals surface area contributed by atoms with Crippen LogP contribution in [0.4, 0.5) is 0 Å². The van der Waals surface area contributed by atoms with E-state index in [2.05, 4.69) is 34.2 Å². The summed E-state index contributed by atoms with van der Waals surface area (Å²) in [4.78, 5) is 18.7. The third-order valence-electron chi connectivity index (χ3n) is 4.30. The maximum Gasteiger partial charge on any atom is 0.309 e. The van der Waals surface area contributed by atoms with Crippen LogP contribution in [0.2, 0.25) is 0 Å². The Labute approximate surface area is 172 Å². The zero-order valence-corrected chi connectivity index (χ0v) is 18.5. The van der Waals surface area contributed by atoms with Gasteiger partial charge in [-0.05, 0) is 32.6 Å². The van der Waals surface area contributed by atoms with Crippen LogP contribution >= 0.6 is 24.0 Å². The van der Waals surface area contributed by atoms with Gasteiger partial charge in [0.2, 0.25) is 0 Å². The number of nitrogens with zero attached hydrogens (tertiary/aromatic N) is 3. The van der Waals surface area contributed by atoms with Gasteiger partial charge in [-0.15, -0.1) is 24.0 Å². The fourth-order valence-electron chi connectivity index (χ4n) is 2.84. The Hall–Kier alpha value is -1.32. The second-order valence-electron chi connectivity index (χ2n) is 6.56. The number of likely N-dealkylation sites (tertiary alicyclic amines) is 1. The summed E-state index contributed by atoms with van der Waals surface area (Å²) in [7, 11) is 0. The Morgan fingerprint density at radius 3 is 2.65 bits per heavy atom. The quantitative estimate of drug-likeness (QED) is 0.293. The first-order valence-electron chi connectivity index (χ1n) is 9.20. The normalized spacial score (nSPS) is 15.7. The third-order valence-corrected chi connectivity index (χ3v) is 4.30. The fraction of sp³-hybridized carbons (Fsp3) is 0.722. The van der Waals surface area contributed by atoms with Crippen LogP contribution in [-0.2, 0) is 16.1 Å². The van der Waals surface area contributed by atoms with Crippen molar-refractivity contribution in [1.82, 2.24) is 15.4 Å². The predicted octanol–water partition coefficient (Wildman–Crippen LogP) is 3.16. The van der Waals surface area contributed by atoms with Gasteiger partial charge >= 0.3 is 5.97 Å². The Balaban J connectivity index is 0.00000338. The van der Waals surface area contributed by atoms with E-state index in [0.29, 0.717) is 19.1 Å². The molecule has 26 heavy (non-hydrogen) atoms. The molecule has 1 saturated heterocycles. The average molecular weight is 478 g/mol. The van der Waals surface area contributed by atoms with E-state index in [1.54, 1.807) is 0 Å². The number of aliphatic imine (C=N–C) groups is 1. The zero-order chi connectivity index (χ0) is 18.2. The van der Waals surface area contributed by atoms with Crippen LogP contribution in [0.5, 0.6) is 0 Å². The minimum absolute atomic E-state index is 0. The summed E-state index contributed by atoms with van der Waals surface area (Å²) in [6.07, 6.45) is 1.59. The molecule has 0 bridgehead atoms. The van der Waals surface area contributed by atoms with E-state index in [0.717, 1.165) is 49.9 Å². The predicted molar refractivity (Wildman–Crippen MR) is 112 cm³/mol. The van der Waals surface area contributed by atoms with Crippen molar-refractivity contribution >= 4 is 35.9 Å². The number of esters is 1. The fourth-order valence-corrected chi connectivity index (χ4v) is 2.84. The van der Waals surface area contributed by atoms with Gasteiger partial charge in [0.15, 0.2) is 11.7 Å². The van der Waals surface area contributed by atoms with Gasteiger partial charge in [-0.3, -0.25) is 4.79 Å². The van der Waals surface area contributed by atoms with Gasteiger partial charge in [0.1, 0.15) is 6.54 Å². The number of carbonyl (C=O) groups is 1. The van der Waals surface area contributed by atoms with Crippen molar-refractivity contribution in [2.24, 2.45) is 10.9 Å². The van der Waals surface area contributed by atoms with E-state index in [1.807, 2.05) is 19.9 Å². The van der Waals surface area contributed by atoms with E-state index >= 15 is 0 Å². The summed E-state index contributed by atoms with van der Waals surface area (Å²) in [5.74, 6) is 1.89. The molecule has 2 rings (SSSR count). The lowest BCUT2D eigenvalue weighted by Crippen LogP contribution is -2.46. The number of carbonyl (C=O) groups excluding carboxylic acids is 1. The maximum atomic E-state index is 11.9. The average Bonchev–Trinajstić information content (AvgIpc) is 3.08. The van der Waals surface area contributed by atoms with Crippen molar-refractivity contribution in [3.63, 3.8) is 0 Å². The van der Waals surface area contributed by atoms with Crippen molar-refractivity contribution in [2.75, 3.05) is 26.2 Å². The number of ether oxygens (including phenoxy) is 1. The van der Waals surface area contributed by atoms with E-state index in [9.17, 15) is 4.79 Å². The van der Waals surface area contributed by atoms with E-state index < -0.39 is 0 Å². The van der Waals surface area contributed by atoms with Crippen LogP contribution in [0.3, 0.4) is 0 Å². The van der Waals surface area contributed by atoms with Gasteiger partial charge in [-0.2, -0.15) is 0 Å². The molecule has 0 amide bonds. The molecule has 0 aliphatic carbocycles. The molecule has 0 radical (unpaired) electrons. The molecule has 1 fully saturated rings. The summed E-state index contributed by atoms with van der Waals surface area (Å²) in [6, 6.07) is 1.96. The minimum atomic E-state index is -0.0769. The van der Waals surface area contributed by atoms with Gasteiger partial charge in [-0.25, -0.2) is 4.99 Å². The Kier molecular flexibility index (Phi) is 9.97. The highest BCUT2D eigenvalue weighted by atomic mass is 127. The first-order chi connectivity index (χ1) is 12.0. The molecule has 2 heterocycles. The highest BCUT2D eigenvalue weighted by molar-refractivity contribution is 14.0. The van der Waals surface area contributed by atoms with Gasteiger partial charge in [0, 0.05) is 25.7 Å². The number of aromatic nitrogens is 1. The van der Waals surface area contributed by atoms with Crippen molar-refractivity contribution in [3.05, 3.63) is 17.5 Å². The van der Waals surface area contributed by atoms with Crippen LogP contribution in [0, 0.1) is 5.92 Å². The van der Waals surface area contributed by atoms with Crippen molar-refractivity contribution in [3.8, 4) is 0 Å². The first kappa shape index (κ1) is 22.7. The molecule has 1 aromatic rings. The SMILES string of the molecule is CCNC(=NCc1cc(C(C)C)no1)N1CCC(C(=O)OCC)CC1.I. The second kappa shape index (κ2) is 11.4. The molecule has 1 aliphatic rings. The Bertz CT molecular complexity index is 581. The van der Waals surface area contributed by atoms with Crippen molar-refractivity contribution in [2.45, 2.75) is 53.0 Å². The largest absolute Gasteiger partial charge is 0.466 e. The van der Waals surface area contributed by atoms with Crippen molar-refractivity contribution < 1.29 is 14.1 Å². The molecule has 8 heteroatoms. The van der Waals surface area contributed by atoms with Gasteiger partial charge in [-0.1, -0.05) is 19.0 Å². The van der Waals surface area contributed by atoms with Gasteiger partial charge in [0.05, 0.1) is 18.2 Å². The number of halogens is 1. The molecule has 148 valence electrons. The molecular weight excluding hydrogens is 447 g/mol. The Morgan fingerprint density at radius 1 is 1.42 bits per heavy atom. The van der Waals surface area contributed by atoms with Crippen LogP contribution in [0.25, 0.3) is 0 Å². The van der Waals surface area contributed by atoms with E-state index in [4.69, 9.17) is 9.26 Å². The molecule has 1 aliphatic heterocycles. The summed E-state index contributed by atoms with van der Waals surface area (Å²) in [5.41, 5.74) is 0.949. The van der Waals surface area contributed by atoms with Gasteiger partial charge in [0.25, 0.3) is 0 Å². The second-order valence-corrected chi connectivity index (χ2v) is 6.56. The molecular formula is C18H31IN4O3. The van der Waals surface area contributed by atoms with Crippen molar-refractivity contribution in [1.29, 1.82) is 0 Å². The standard InChI is InChI=1S/C18H30N4O3.HI/c1-5-19-18(20-12-15-11-16(13(3)4)21-25-15)22-9-7-14(8-10-22)17(23)24-6-2;/h11,13-14H,5-10,12H2,1-4H3,(H,19,20);1H. The highest BCUT2D eigenvalue weighted by Gasteiger charge is 2.27. The molecule has 1 N–H and O–H groups in total. The topological polar surface area (TPSA) is 80.0 Å². The summed E-state index contributed by atoms with van der Waals surface area (Å²) >= 11 is 0. The van der Waals surface area contributed by atoms with Crippen LogP contribution < -0.4 is 5.32 Å². The lowest BCUT2D eigenvalue weighted by Gasteiger charge is -2.33. The zero-order valence-electron chi connectivity index (χ0n) is 16.2. The summed E-state index contributed by atoms with van der Waals surface area (Å²) < 4.78 is 10.5. The summed E-state index contributed by atoms with van der Waals surface area (Å²) in [6.45, 7) is 11.4. The van der Waals surface area contributed by atoms with Crippen LogP contribution in [0.15, 0.2) is 15.6 Å². The molecule has 0 saturated carbocycles. The molecule has 0 spiro atoms. The molecule has 0 aromatic carbocycles. The van der Waals surface area contributed by atoms with E-state index in [-0.39, 0.29) is 35.9 Å². The number of guanidine groups is 1. The molecule has 1 aromatic heterocycles. The summed E-state index contributed by atoms with van der Waals surface area (Å²) in [5, 5.41) is 7.39. The number of nitrogens with one attached hydrogen (secondary N) is 1. The van der Waals surface area contributed by atoms with E-state index in [1.165, 1.54) is 0 Å². The first-order valence-corrected chi connectivity index (χ1v) is 9.20. The number of hydrogen-bond donors (Lipinski definition) is 1. The van der Waals surface area contributed by atoms with Crippen LogP contribution in [-0.4, -0.2) is 48.2 Å². The monoisotopic (exact) mass is 478 g/mol. The minimum Gasteiger partial charge on any atom is -0.466 e.